The standard InChI is InChI=1S/C14H13O2Si/c1-15-14(16-2)12-8-4-3-6-10(12)11-7-5-9-17-13(11)14/h3-9H,1-2H3. The van der Waals surface area contributed by atoms with E-state index in [1.54, 1.807) is 14.2 Å². The van der Waals surface area contributed by atoms with Gasteiger partial charge in [0.05, 0.1) is 9.13 Å². The van der Waals surface area contributed by atoms with Crippen molar-refractivity contribution in [2.45, 2.75) is 5.79 Å². The third-order valence-electron chi connectivity index (χ3n) is 3.33. The molecule has 0 bridgehead atoms. The maximum atomic E-state index is 5.72. The second-order valence-electron chi connectivity index (χ2n) is 4.03. The lowest BCUT2D eigenvalue weighted by Crippen LogP contribution is -2.32. The Morgan fingerprint density at radius 1 is 1.12 bits per heavy atom. The molecule has 2 aliphatic rings. The van der Waals surface area contributed by atoms with Crippen LogP contribution in [-0.4, -0.2) is 29.0 Å². The molecule has 0 unspecified atom stereocenters. The van der Waals surface area contributed by atoms with Gasteiger partial charge in [0.1, 0.15) is 0 Å². The van der Waals surface area contributed by atoms with Gasteiger partial charge in [-0.25, -0.2) is 0 Å². The van der Waals surface area contributed by atoms with Gasteiger partial charge in [0, 0.05) is 25.0 Å². The van der Waals surface area contributed by atoms with Crippen LogP contribution in [0.1, 0.15) is 11.1 Å². The smallest absolute Gasteiger partial charge is 0.218 e. The molecule has 3 rings (SSSR count). The van der Waals surface area contributed by atoms with E-state index >= 15 is 0 Å². The fourth-order valence-corrected chi connectivity index (χ4v) is 3.84. The van der Waals surface area contributed by atoms with Crippen LogP contribution in [0.5, 0.6) is 0 Å². The number of methoxy groups -OCH3 is 2. The van der Waals surface area contributed by atoms with Crippen LogP contribution in [0, 0.1) is 0 Å². The van der Waals surface area contributed by atoms with Crippen LogP contribution in [0.3, 0.4) is 0 Å². The third kappa shape index (κ3) is 1.30. The van der Waals surface area contributed by atoms with E-state index in [1.807, 2.05) is 6.07 Å². The van der Waals surface area contributed by atoms with Gasteiger partial charge in [-0.15, -0.1) is 0 Å². The average molecular weight is 241 g/mol. The second-order valence-corrected chi connectivity index (χ2v) is 5.15. The zero-order valence-corrected chi connectivity index (χ0v) is 10.9. The highest BCUT2D eigenvalue weighted by atomic mass is 28.2. The first-order valence-corrected chi connectivity index (χ1v) is 6.62. The summed E-state index contributed by atoms with van der Waals surface area (Å²) in [4.78, 5) is 0. The zero-order valence-electron chi connectivity index (χ0n) is 9.86. The largest absolute Gasteiger partial charge is 0.346 e. The van der Waals surface area contributed by atoms with E-state index < -0.39 is 5.79 Å². The summed E-state index contributed by atoms with van der Waals surface area (Å²) in [6, 6.07) is 8.30. The Morgan fingerprint density at radius 2 is 1.88 bits per heavy atom. The third-order valence-corrected chi connectivity index (χ3v) is 4.58. The van der Waals surface area contributed by atoms with E-state index in [0.717, 1.165) is 5.56 Å². The lowest BCUT2D eigenvalue weighted by Gasteiger charge is -2.29. The van der Waals surface area contributed by atoms with Gasteiger partial charge >= 0.3 is 0 Å². The highest BCUT2D eigenvalue weighted by Crippen LogP contribution is 2.47. The van der Waals surface area contributed by atoms with Crippen LogP contribution in [-0.2, 0) is 15.3 Å². The fourth-order valence-electron chi connectivity index (χ4n) is 2.58. The minimum absolute atomic E-state index is 0.615. The van der Waals surface area contributed by atoms with Gasteiger partial charge in [0.25, 0.3) is 0 Å². The zero-order chi connectivity index (χ0) is 11.9. The van der Waals surface area contributed by atoms with Crippen molar-refractivity contribution < 1.29 is 9.47 Å². The normalized spacial score (nSPS) is 19.4. The van der Waals surface area contributed by atoms with Crippen molar-refractivity contribution in [1.29, 1.82) is 0 Å². The molecule has 1 aromatic carbocycles. The molecule has 0 N–H and O–H groups in total. The number of fused-ring (bicyclic) bond motifs is 2. The lowest BCUT2D eigenvalue weighted by molar-refractivity contribution is -0.179. The maximum absolute atomic E-state index is 5.72. The van der Waals surface area contributed by atoms with E-state index in [-0.39, 0.29) is 0 Å². The van der Waals surface area contributed by atoms with Crippen molar-refractivity contribution in [3.8, 4) is 0 Å². The van der Waals surface area contributed by atoms with Crippen molar-refractivity contribution in [3.63, 3.8) is 0 Å². The van der Waals surface area contributed by atoms with Crippen LogP contribution in [0.2, 0.25) is 0 Å². The summed E-state index contributed by atoms with van der Waals surface area (Å²) in [7, 11) is 4.03. The fraction of sp³-hybridized carbons (Fsp3) is 0.214. The predicted octanol–water partition coefficient (Wildman–Crippen LogP) is 1.93. The van der Waals surface area contributed by atoms with Crippen molar-refractivity contribution in [1.82, 2.24) is 0 Å². The minimum atomic E-state index is -0.689. The molecule has 0 fully saturated rings. The molecule has 0 atom stereocenters. The Labute approximate surface area is 103 Å². The van der Waals surface area contributed by atoms with Crippen molar-refractivity contribution in [3.05, 3.63) is 52.7 Å². The van der Waals surface area contributed by atoms with Gasteiger partial charge < -0.3 is 9.47 Å². The second kappa shape index (κ2) is 3.87. The summed E-state index contributed by atoms with van der Waals surface area (Å²) in [6.07, 6.45) is 4.25. The summed E-state index contributed by atoms with van der Waals surface area (Å²) in [5.41, 5.74) is 5.76. The first-order chi connectivity index (χ1) is 8.33. The highest BCUT2D eigenvalue weighted by Gasteiger charge is 2.44. The molecule has 1 aliphatic heterocycles. The Balaban J connectivity index is 2.33. The molecule has 3 heteroatoms. The quantitative estimate of drug-likeness (QED) is 0.582. The summed E-state index contributed by atoms with van der Waals surface area (Å²) in [5.74, 6) is -0.689. The highest BCUT2D eigenvalue weighted by molar-refractivity contribution is 6.59. The molecule has 2 nitrogen and oxygen atoms in total. The Kier molecular flexibility index (Phi) is 2.47. The topological polar surface area (TPSA) is 18.5 Å². The Morgan fingerprint density at radius 3 is 2.65 bits per heavy atom. The van der Waals surface area contributed by atoms with Gasteiger partial charge in [-0.1, -0.05) is 42.1 Å². The molecular formula is C14H13O2Si. The molecule has 0 saturated carbocycles. The van der Waals surface area contributed by atoms with Crippen molar-refractivity contribution in [2.75, 3.05) is 14.2 Å². The van der Waals surface area contributed by atoms with Crippen LogP contribution < -0.4 is 0 Å². The number of hydrogen-bond donors (Lipinski definition) is 0. The van der Waals surface area contributed by atoms with Crippen LogP contribution in [0.4, 0.5) is 0 Å². The average Bonchev–Trinajstić information content (AvgIpc) is 2.70. The Hall–Kier alpha value is -1.29. The van der Waals surface area contributed by atoms with Crippen molar-refractivity contribution >= 4 is 20.4 Å². The van der Waals surface area contributed by atoms with Crippen LogP contribution in [0.25, 0.3) is 5.57 Å². The minimum Gasteiger partial charge on any atom is -0.346 e. The molecule has 17 heavy (non-hydrogen) atoms. The van der Waals surface area contributed by atoms with E-state index in [4.69, 9.17) is 9.47 Å². The molecule has 1 heterocycles. The van der Waals surface area contributed by atoms with E-state index in [2.05, 4.69) is 36.0 Å². The molecule has 1 aliphatic carbocycles. The van der Waals surface area contributed by atoms with Gasteiger partial charge in [-0.3, -0.25) is 0 Å². The van der Waals surface area contributed by atoms with Gasteiger partial charge in [0.2, 0.25) is 5.79 Å². The maximum Gasteiger partial charge on any atom is 0.218 e. The molecule has 0 saturated heterocycles. The van der Waals surface area contributed by atoms with E-state index in [0.29, 0.717) is 9.13 Å². The molecule has 0 aromatic heterocycles. The van der Waals surface area contributed by atoms with Crippen molar-refractivity contribution in [2.24, 2.45) is 0 Å². The molecule has 0 spiro atoms. The van der Waals surface area contributed by atoms with Crippen LogP contribution >= 0.6 is 0 Å². The molecule has 0 amide bonds. The molecule has 85 valence electrons. The first-order valence-electron chi connectivity index (χ1n) is 5.55. The van der Waals surface area contributed by atoms with Crippen LogP contribution in [0.15, 0.2) is 41.6 Å². The number of ether oxygens (including phenoxy) is 2. The van der Waals surface area contributed by atoms with Gasteiger partial charge in [-0.05, 0) is 11.1 Å². The monoisotopic (exact) mass is 241 g/mol. The summed E-state index contributed by atoms with van der Waals surface area (Å²) in [5, 5.41) is 1.23. The summed E-state index contributed by atoms with van der Waals surface area (Å²) >= 11 is 0. The SMILES string of the molecule is COC1(OC)C2=C(C=CC=[Si]2)c2ccccc21. The Bertz CT molecular complexity index is 551. The lowest BCUT2D eigenvalue weighted by atomic mass is 10.0. The first kappa shape index (κ1) is 10.8. The van der Waals surface area contributed by atoms with E-state index in [1.165, 1.54) is 16.3 Å². The number of hydrogen-bond acceptors (Lipinski definition) is 2. The number of benzene rings is 1. The molecule has 1 aromatic rings. The number of rotatable bonds is 2. The summed E-state index contributed by atoms with van der Waals surface area (Å²) in [6.45, 7) is 0. The number of allylic oxidation sites excluding steroid dienone is 3. The van der Waals surface area contributed by atoms with E-state index in [9.17, 15) is 0 Å². The summed E-state index contributed by atoms with van der Waals surface area (Å²) < 4.78 is 11.4. The van der Waals surface area contributed by atoms with Gasteiger partial charge in [-0.2, -0.15) is 0 Å². The molecular weight excluding hydrogens is 228 g/mol. The molecule has 1 radical (unpaired) electrons. The predicted molar refractivity (Wildman–Crippen MR) is 70.0 cm³/mol. The van der Waals surface area contributed by atoms with Gasteiger partial charge in [0.15, 0.2) is 0 Å².